The molecule has 1 aliphatic carbocycles. The maximum atomic E-state index is 13.7. The molecular formula is C23H27ClN2O5S. The highest BCUT2D eigenvalue weighted by atomic mass is 35.5. The fraction of sp³-hybridized carbons (Fsp3) is 0.435. The van der Waals surface area contributed by atoms with Crippen molar-refractivity contribution in [1.29, 1.82) is 0 Å². The Morgan fingerprint density at radius 2 is 1.62 bits per heavy atom. The van der Waals surface area contributed by atoms with Crippen molar-refractivity contribution in [3.8, 4) is 11.5 Å². The van der Waals surface area contributed by atoms with Gasteiger partial charge in [-0.3, -0.25) is 10.0 Å². The molecule has 0 unspecified atom stereocenters. The van der Waals surface area contributed by atoms with Crippen LogP contribution >= 0.6 is 11.6 Å². The Labute approximate surface area is 193 Å². The molecule has 7 nitrogen and oxygen atoms in total. The summed E-state index contributed by atoms with van der Waals surface area (Å²) in [5.74, 6) is 1.03. The van der Waals surface area contributed by atoms with E-state index >= 15 is 0 Å². The topological polar surface area (TPSA) is 87.2 Å². The van der Waals surface area contributed by atoms with Crippen molar-refractivity contribution in [2.45, 2.75) is 42.4 Å². The van der Waals surface area contributed by atoms with Crippen LogP contribution in [-0.4, -0.2) is 54.0 Å². The number of likely N-dealkylation sites (tertiary alicyclic amines) is 1. The van der Waals surface area contributed by atoms with Gasteiger partial charge < -0.3 is 9.64 Å². The molecule has 0 radical (unpaired) electrons. The number of halogens is 1. The van der Waals surface area contributed by atoms with E-state index < -0.39 is 20.6 Å². The number of hydrogen-bond donors (Lipinski definition) is 1. The smallest absolute Gasteiger partial charge is 0.244 e. The first kappa shape index (κ1) is 23.0. The molecule has 1 saturated heterocycles. The molecule has 32 heavy (non-hydrogen) atoms. The average molecular weight is 479 g/mol. The van der Waals surface area contributed by atoms with Crippen LogP contribution in [0.1, 0.15) is 32.6 Å². The molecule has 2 aromatic carbocycles. The van der Waals surface area contributed by atoms with Crippen molar-refractivity contribution in [3.63, 3.8) is 0 Å². The zero-order valence-electron chi connectivity index (χ0n) is 17.9. The van der Waals surface area contributed by atoms with E-state index in [-0.39, 0.29) is 17.7 Å². The quantitative estimate of drug-likeness (QED) is 0.470. The molecule has 2 fully saturated rings. The first-order valence-corrected chi connectivity index (χ1v) is 12.6. The maximum Gasteiger partial charge on any atom is 0.244 e. The number of hydroxylamine groups is 2. The Hall–Kier alpha value is -2.13. The van der Waals surface area contributed by atoms with E-state index in [0.717, 1.165) is 6.54 Å². The van der Waals surface area contributed by atoms with Crippen LogP contribution in [0.5, 0.6) is 11.5 Å². The molecule has 0 aromatic heterocycles. The molecule has 2 aromatic rings. The first-order valence-electron chi connectivity index (χ1n) is 10.7. The Morgan fingerprint density at radius 1 is 1.09 bits per heavy atom. The molecule has 2 aliphatic rings. The Balaban J connectivity index is 1.56. The summed E-state index contributed by atoms with van der Waals surface area (Å²) in [6.07, 6.45) is 2.73. The second-order valence-corrected chi connectivity index (χ2v) is 11.2. The number of carbonyl (C=O) groups is 1. The van der Waals surface area contributed by atoms with Gasteiger partial charge in [-0.05, 0) is 67.3 Å². The van der Waals surface area contributed by atoms with Crippen LogP contribution in [0.25, 0.3) is 0 Å². The third kappa shape index (κ3) is 4.64. The number of carbonyl (C=O) groups excluding carboxylic acids is 1. The van der Waals surface area contributed by atoms with Crippen molar-refractivity contribution in [3.05, 3.63) is 53.6 Å². The monoisotopic (exact) mass is 478 g/mol. The summed E-state index contributed by atoms with van der Waals surface area (Å²) >= 11 is 5.88. The third-order valence-corrected chi connectivity index (χ3v) is 8.94. The highest BCUT2D eigenvalue weighted by molar-refractivity contribution is 7.92. The zero-order valence-corrected chi connectivity index (χ0v) is 19.5. The summed E-state index contributed by atoms with van der Waals surface area (Å²) in [6, 6.07) is 12.9. The maximum absolute atomic E-state index is 13.7. The predicted octanol–water partition coefficient (Wildman–Crippen LogP) is 4.35. The zero-order chi connectivity index (χ0) is 22.9. The molecule has 4 rings (SSSR count). The van der Waals surface area contributed by atoms with Crippen LogP contribution in [-0.2, 0) is 14.6 Å². The van der Waals surface area contributed by atoms with E-state index in [0.29, 0.717) is 40.6 Å². The lowest BCUT2D eigenvalue weighted by atomic mass is 10.0. The first-order chi connectivity index (χ1) is 15.2. The van der Waals surface area contributed by atoms with Gasteiger partial charge in [-0.1, -0.05) is 11.6 Å². The van der Waals surface area contributed by atoms with Crippen LogP contribution in [0.4, 0.5) is 0 Å². The van der Waals surface area contributed by atoms with Gasteiger partial charge in [-0.25, -0.2) is 13.5 Å². The Morgan fingerprint density at radius 3 is 2.12 bits per heavy atom. The van der Waals surface area contributed by atoms with Gasteiger partial charge in [-0.2, -0.15) is 0 Å². The van der Waals surface area contributed by atoms with Crippen LogP contribution in [0, 0.1) is 5.92 Å². The van der Waals surface area contributed by atoms with Crippen LogP contribution < -0.4 is 4.74 Å². The van der Waals surface area contributed by atoms with E-state index in [1.165, 1.54) is 31.9 Å². The summed E-state index contributed by atoms with van der Waals surface area (Å²) in [5, 5.41) is 11.6. The Bertz CT molecular complexity index is 1060. The van der Waals surface area contributed by atoms with Gasteiger partial charge in [0.05, 0.1) is 4.90 Å². The van der Waals surface area contributed by atoms with Gasteiger partial charge in [0.15, 0.2) is 4.87 Å². The molecule has 1 amide bonds. The van der Waals surface area contributed by atoms with E-state index in [2.05, 4.69) is 4.90 Å². The summed E-state index contributed by atoms with van der Waals surface area (Å²) in [7, 11) is -4.04. The number of hydrogen-bond acceptors (Lipinski definition) is 6. The van der Waals surface area contributed by atoms with Gasteiger partial charge in [0.1, 0.15) is 11.5 Å². The SMILES string of the molecule is CC(=O)N(O)C1(S(=O)(=O)c2ccc(Oc3ccc(Cl)cc3)cc2)CCN(CC2CC2)CC1. The molecule has 1 N–H and O–H groups in total. The number of ether oxygens (including phenoxy) is 1. The number of amides is 1. The minimum atomic E-state index is -4.04. The molecule has 172 valence electrons. The van der Waals surface area contributed by atoms with Crippen LogP contribution in [0.15, 0.2) is 53.4 Å². The van der Waals surface area contributed by atoms with Gasteiger partial charge >= 0.3 is 0 Å². The normalized spacial score (nSPS) is 18.8. The number of nitrogens with zero attached hydrogens (tertiary/aromatic N) is 2. The van der Waals surface area contributed by atoms with E-state index in [1.54, 1.807) is 36.4 Å². The van der Waals surface area contributed by atoms with Crippen molar-refractivity contribution in [1.82, 2.24) is 9.96 Å². The van der Waals surface area contributed by atoms with Crippen molar-refractivity contribution < 1.29 is 23.2 Å². The molecule has 0 bridgehead atoms. The lowest BCUT2D eigenvalue weighted by Crippen LogP contribution is -2.60. The van der Waals surface area contributed by atoms with Crippen LogP contribution in [0.3, 0.4) is 0 Å². The molecular weight excluding hydrogens is 452 g/mol. The second kappa shape index (κ2) is 9.02. The molecule has 0 spiro atoms. The number of rotatable bonds is 7. The molecule has 9 heteroatoms. The average Bonchev–Trinajstić information content (AvgIpc) is 3.60. The van der Waals surface area contributed by atoms with Gasteiger partial charge in [0.25, 0.3) is 0 Å². The highest BCUT2D eigenvalue weighted by Gasteiger charge is 2.52. The van der Waals surface area contributed by atoms with Crippen molar-refractivity contribution in [2.24, 2.45) is 5.92 Å². The minimum Gasteiger partial charge on any atom is -0.457 e. The number of sulfone groups is 1. The fourth-order valence-corrected chi connectivity index (χ4v) is 6.31. The summed E-state index contributed by atoms with van der Waals surface area (Å²) in [6.45, 7) is 3.14. The summed E-state index contributed by atoms with van der Waals surface area (Å²) < 4.78 is 33.1. The summed E-state index contributed by atoms with van der Waals surface area (Å²) in [4.78, 5) is 12.6. The third-order valence-electron chi connectivity index (χ3n) is 6.22. The molecule has 1 saturated carbocycles. The van der Waals surface area contributed by atoms with Gasteiger partial charge in [0.2, 0.25) is 15.7 Å². The van der Waals surface area contributed by atoms with E-state index in [4.69, 9.17) is 16.3 Å². The number of piperidine rings is 1. The van der Waals surface area contributed by atoms with E-state index in [1.807, 2.05) is 0 Å². The minimum absolute atomic E-state index is 0.0388. The standard InChI is InChI=1S/C23H27ClN2O5S/c1-17(27)26(28)23(12-14-25(15-13-23)16-18-2-3-18)32(29,30)22-10-8-21(9-11-22)31-20-6-4-19(24)5-7-20/h4-11,18,28H,2-3,12-16H2,1H3. The lowest BCUT2D eigenvalue weighted by Gasteiger charge is -2.44. The molecule has 1 heterocycles. The fourth-order valence-electron chi connectivity index (χ4n) is 4.18. The number of benzene rings is 2. The highest BCUT2D eigenvalue weighted by Crippen LogP contribution is 2.40. The predicted molar refractivity (Wildman–Crippen MR) is 121 cm³/mol. The summed E-state index contributed by atoms with van der Waals surface area (Å²) in [5.41, 5.74) is 0. The van der Waals surface area contributed by atoms with Gasteiger partial charge in [-0.15, -0.1) is 0 Å². The molecule has 0 atom stereocenters. The van der Waals surface area contributed by atoms with Crippen molar-refractivity contribution in [2.75, 3.05) is 19.6 Å². The van der Waals surface area contributed by atoms with Crippen molar-refractivity contribution >= 4 is 27.3 Å². The lowest BCUT2D eigenvalue weighted by molar-refractivity contribution is -0.184. The van der Waals surface area contributed by atoms with Gasteiger partial charge in [0, 0.05) is 44.4 Å². The van der Waals surface area contributed by atoms with Crippen LogP contribution in [0.2, 0.25) is 5.02 Å². The largest absolute Gasteiger partial charge is 0.457 e. The molecule has 1 aliphatic heterocycles. The Kier molecular flexibility index (Phi) is 6.49. The second-order valence-electron chi connectivity index (χ2n) is 8.55. The van der Waals surface area contributed by atoms with E-state index in [9.17, 15) is 18.4 Å².